The van der Waals surface area contributed by atoms with E-state index in [4.69, 9.17) is 27.9 Å². The number of hydrogen-bond acceptors (Lipinski definition) is 5. The van der Waals surface area contributed by atoms with Crippen molar-refractivity contribution in [3.05, 3.63) is 65.1 Å². The van der Waals surface area contributed by atoms with Crippen LogP contribution in [0.2, 0.25) is 5.02 Å². The number of anilines is 3. The molecule has 0 spiro atoms. The lowest BCUT2D eigenvalue weighted by atomic mass is 10.1. The summed E-state index contributed by atoms with van der Waals surface area (Å²) in [6.07, 6.45) is 4.22. The zero-order valence-corrected chi connectivity index (χ0v) is 17.2. The third-order valence-corrected chi connectivity index (χ3v) is 4.58. The van der Waals surface area contributed by atoms with Gasteiger partial charge in [0.15, 0.2) is 0 Å². The van der Waals surface area contributed by atoms with E-state index in [1.165, 1.54) is 43.7 Å². The lowest BCUT2D eigenvalue weighted by molar-refractivity contribution is -0.111. The van der Waals surface area contributed by atoms with Crippen LogP contribution in [0.5, 0.6) is 5.75 Å². The molecule has 0 aliphatic heterocycles. The molecule has 1 amide bonds. The van der Waals surface area contributed by atoms with Gasteiger partial charge in [-0.1, -0.05) is 17.7 Å². The summed E-state index contributed by atoms with van der Waals surface area (Å²) in [4.78, 5) is 16.4. The molecule has 0 saturated carbocycles. The first-order valence-electron chi connectivity index (χ1n) is 8.63. The number of fused-ring (bicyclic) bond motifs is 1. The maximum Gasteiger partial charge on any atom is 0.248 e. The maximum atomic E-state index is 13.5. The van der Waals surface area contributed by atoms with Crippen molar-refractivity contribution >= 4 is 57.1 Å². The van der Waals surface area contributed by atoms with Gasteiger partial charge in [-0.05, 0) is 24.3 Å². The van der Waals surface area contributed by atoms with Gasteiger partial charge >= 0.3 is 0 Å². The molecule has 6 nitrogen and oxygen atoms in total. The summed E-state index contributed by atoms with van der Waals surface area (Å²) in [7, 11) is 1.47. The van der Waals surface area contributed by atoms with Gasteiger partial charge in [0.2, 0.25) is 5.91 Å². The fourth-order valence-electron chi connectivity index (χ4n) is 2.75. The highest BCUT2D eigenvalue weighted by atomic mass is 35.5. The molecule has 30 heavy (non-hydrogen) atoms. The van der Waals surface area contributed by atoms with Gasteiger partial charge in [-0.3, -0.25) is 9.78 Å². The first-order chi connectivity index (χ1) is 14.5. The fraction of sp³-hybridized carbons (Fsp3) is 0.0952. The number of hydrogen-bond donors (Lipinski definition) is 2. The summed E-state index contributed by atoms with van der Waals surface area (Å²) in [5.41, 5.74) is 2.08. The first-order valence-corrected chi connectivity index (χ1v) is 9.54. The van der Waals surface area contributed by atoms with Crippen molar-refractivity contribution in [3.63, 3.8) is 0 Å². The van der Waals surface area contributed by atoms with Crippen LogP contribution in [0.3, 0.4) is 0 Å². The van der Waals surface area contributed by atoms with E-state index in [0.717, 1.165) is 0 Å². The second kappa shape index (κ2) is 9.44. The van der Waals surface area contributed by atoms with E-state index in [0.29, 0.717) is 33.7 Å². The average Bonchev–Trinajstić information content (AvgIpc) is 2.74. The standard InChI is InChI=1S/C21H15Cl2FN4O2/c1-30-19-9-17-14(8-18(19)28-20(29)3-2-6-22)21(12(10-25)11-26-17)27-13-4-5-16(24)15(23)7-13/h2-5,7-9,11H,6H2,1H3,(H,26,27)(H,28,29)/b3-2+. The molecule has 3 rings (SSSR count). The van der Waals surface area contributed by atoms with Crippen LogP contribution < -0.4 is 15.4 Å². The number of pyridine rings is 1. The van der Waals surface area contributed by atoms with Crippen molar-refractivity contribution in [2.75, 3.05) is 23.6 Å². The predicted octanol–water partition coefficient (Wildman–Crippen LogP) is 5.38. The summed E-state index contributed by atoms with van der Waals surface area (Å²) in [6.45, 7) is 0. The van der Waals surface area contributed by atoms with Gasteiger partial charge in [0.1, 0.15) is 17.6 Å². The van der Waals surface area contributed by atoms with Gasteiger partial charge in [-0.2, -0.15) is 5.26 Å². The van der Waals surface area contributed by atoms with Crippen LogP contribution >= 0.6 is 23.2 Å². The summed E-state index contributed by atoms with van der Waals surface area (Å²) < 4.78 is 18.8. The van der Waals surface area contributed by atoms with Crippen LogP contribution in [0.4, 0.5) is 21.5 Å². The Labute approximate surface area is 181 Å². The lowest BCUT2D eigenvalue weighted by Crippen LogP contribution is -2.09. The van der Waals surface area contributed by atoms with Crippen LogP contribution in [0.15, 0.2) is 48.7 Å². The van der Waals surface area contributed by atoms with Gasteiger partial charge in [0.05, 0.1) is 34.6 Å². The van der Waals surface area contributed by atoms with Gasteiger partial charge in [-0.25, -0.2) is 4.39 Å². The van der Waals surface area contributed by atoms with E-state index in [1.807, 2.05) is 0 Å². The lowest BCUT2D eigenvalue weighted by Gasteiger charge is -2.15. The van der Waals surface area contributed by atoms with Crippen LogP contribution in [-0.4, -0.2) is 23.9 Å². The zero-order valence-electron chi connectivity index (χ0n) is 15.7. The van der Waals surface area contributed by atoms with Crippen LogP contribution in [0.25, 0.3) is 10.9 Å². The Hall–Kier alpha value is -3.34. The number of amides is 1. The highest BCUT2D eigenvalue weighted by molar-refractivity contribution is 6.31. The second-order valence-corrected chi connectivity index (χ2v) is 6.74. The van der Waals surface area contributed by atoms with Crippen molar-refractivity contribution < 1.29 is 13.9 Å². The van der Waals surface area contributed by atoms with E-state index in [1.54, 1.807) is 12.1 Å². The molecule has 2 N–H and O–H groups in total. The second-order valence-electron chi connectivity index (χ2n) is 6.03. The minimum absolute atomic E-state index is 0.0578. The highest BCUT2D eigenvalue weighted by Gasteiger charge is 2.15. The Bertz CT molecular complexity index is 1190. The molecule has 1 heterocycles. The Morgan fingerprint density at radius 2 is 2.17 bits per heavy atom. The number of ether oxygens (including phenoxy) is 1. The first kappa shape index (κ1) is 21.4. The molecule has 0 aliphatic rings. The Morgan fingerprint density at radius 3 is 2.83 bits per heavy atom. The van der Waals surface area contributed by atoms with Crippen LogP contribution in [0.1, 0.15) is 5.56 Å². The number of allylic oxidation sites excluding steroid dienone is 1. The van der Waals surface area contributed by atoms with E-state index in [-0.39, 0.29) is 16.5 Å². The van der Waals surface area contributed by atoms with E-state index >= 15 is 0 Å². The molecule has 152 valence electrons. The van der Waals surface area contributed by atoms with Crippen molar-refractivity contribution in [1.82, 2.24) is 4.98 Å². The summed E-state index contributed by atoms with van der Waals surface area (Å²) in [5.74, 6) is -0.353. The third kappa shape index (κ3) is 4.62. The van der Waals surface area contributed by atoms with Crippen LogP contribution in [0, 0.1) is 17.1 Å². The molecule has 9 heteroatoms. The molecule has 3 aromatic rings. The molecule has 0 saturated heterocycles. The number of rotatable bonds is 6. The molecule has 2 aromatic carbocycles. The van der Waals surface area contributed by atoms with E-state index < -0.39 is 11.7 Å². The smallest absolute Gasteiger partial charge is 0.248 e. The largest absolute Gasteiger partial charge is 0.494 e. The summed E-state index contributed by atoms with van der Waals surface area (Å²) in [6, 6.07) is 9.48. The number of carbonyl (C=O) groups excluding carboxylic acids is 1. The van der Waals surface area contributed by atoms with Crippen molar-refractivity contribution in [2.45, 2.75) is 0 Å². The minimum atomic E-state index is -0.554. The Kier molecular flexibility index (Phi) is 6.72. The zero-order chi connectivity index (χ0) is 21.7. The Morgan fingerprint density at radius 1 is 1.37 bits per heavy atom. The highest BCUT2D eigenvalue weighted by Crippen LogP contribution is 2.36. The van der Waals surface area contributed by atoms with Gasteiger partial charge in [-0.15, -0.1) is 11.6 Å². The molecule has 0 bridgehead atoms. The molecule has 0 fully saturated rings. The molecule has 0 unspecified atom stereocenters. The molecule has 0 radical (unpaired) electrons. The van der Waals surface area contributed by atoms with Crippen LogP contribution in [-0.2, 0) is 4.79 Å². The number of nitrogens with one attached hydrogen (secondary N) is 2. The molecule has 1 aromatic heterocycles. The normalized spacial score (nSPS) is 10.8. The number of alkyl halides is 1. The molecular weight excluding hydrogens is 430 g/mol. The predicted molar refractivity (Wildman–Crippen MR) is 116 cm³/mol. The third-order valence-electron chi connectivity index (χ3n) is 4.11. The quantitative estimate of drug-likeness (QED) is 0.393. The monoisotopic (exact) mass is 444 g/mol. The van der Waals surface area contributed by atoms with Crippen molar-refractivity contribution in [3.8, 4) is 11.8 Å². The van der Waals surface area contributed by atoms with Gasteiger partial charge < -0.3 is 15.4 Å². The van der Waals surface area contributed by atoms with Crippen molar-refractivity contribution in [2.24, 2.45) is 0 Å². The number of carbonyl (C=O) groups is 1. The number of halogens is 3. The van der Waals surface area contributed by atoms with E-state index in [9.17, 15) is 14.4 Å². The summed E-state index contributed by atoms with van der Waals surface area (Å²) in [5, 5.41) is 15.8. The fourth-order valence-corrected chi connectivity index (χ4v) is 3.02. The topological polar surface area (TPSA) is 87.0 Å². The van der Waals surface area contributed by atoms with Crippen molar-refractivity contribution in [1.29, 1.82) is 5.26 Å². The van der Waals surface area contributed by atoms with Gasteiger partial charge in [0, 0.05) is 35.3 Å². The van der Waals surface area contributed by atoms with Gasteiger partial charge in [0.25, 0.3) is 0 Å². The molecule has 0 atom stereocenters. The van der Waals surface area contributed by atoms with E-state index in [2.05, 4.69) is 21.7 Å². The number of benzene rings is 2. The SMILES string of the molecule is COc1cc2ncc(C#N)c(Nc3ccc(F)c(Cl)c3)c2cc1NC(=O)/C=C/CCl. The molecule has 0 aliphatic carbocycles. The number of methoxy groups -OCH3 is 1. The number of nitrogens with zero attached hydrogens (tertiary/aromatic N) is 2. The maximum absolute atomic E-state index is 13.5. The number of aromatic nitrogens is 1. The number of nitriles is 1. The summed E-state index contributed by atoms with van der Waals surface area (Å²) >= 11 is 11.4. The molecular formula is C21H15Cl2FN4O2. The Balaban J connectivity index is 2.13. The minimum Gasteiger partial charge on any atom is -0.494 e. The average molecular weight is 445 g/mol.